The molecule has 0 aliphatic heterocycles. The molecule has 0 amide bonds. The molecule has 26 heavy (non-hydrogen) atoms. The lowest BCUT2D eigenvalue weighted by molar-refractivity contribution is -0.140. The van der Waals surface area contributed by atoms with Gasteiger partial charge in [-0.2, -0.15) is 0 Å². The number of thioether (sulfide) groups is 1. The van der Waals surface area contributed by atoms with Crippen molar-refractivity contribution in [2.75, 3.05) is 26.5 Å². The zero-order valence-corrected chi connectivity index (χ0v) is 17.7. The molecule has 0 aromatic rings. The summed E-state index contributed by atoms with van der Waals surface area (Å²) in [6.45, 7) is 8.73. The number of rotatable bonds is 13. The third-order valence-corrected chi connectivity index (χ3v) is 6.06. The number of nitrogens with one attached hydrogen (secondary N) is 1. The van der Waals surface area contributed by atoms with Gasteiger partial charge in [-0.15, -0.1) is 18.3 Å². The molecule has 0 spiro atoms. The Morgan fingerprint density at radius 2 is 2.04 bits per heavy atom. The monoisotopic (exact) mass is 391 g/mol. The fourth-order valence-corrected chi connectivity index (χ4v) is 3.74. The van der Waals surface area contributed by atoms with Gasteiger partial charge in [0, 0.05) is 11.7 Å². The molecule has 6 nitrogen and oxygen atoms in total. The van der Waals surface area contributed by atoms with Crippen LogP contribution in [-0.2, 0) is 14.3 Å². The lowest BCUT2D eigenvalue weighted by Crippen LogP contribution is -2.64. The van der Waals surface area contributed by atoms with E-state index in [2.05, 4.69) is 23.6 Å². The number of hydrogen-bond donors (Lipinski definition) is 3. The van der Waals surface area contributed by atoms with Crippen LogP contribution in [0.4, 0.5) is 0 Å². The van der Waals surface area contributed by atoms with E-state index >= 15 is 0 Å². The SMILES string of the molecule is C=CCCCC.CCC(C=O)[C@](C)(O)[C@@](CO)(NC)SCCC(=O)OC. The number of carbonyl (C=O) groups excluding carboxylic acids is 2. The van der Waals surface area contributed by atoms with Crippen molar-refractivity contribution in [3.05, 3.63) is 12.7 Å². The highest BCUT2D eigenvalue weighted by atomic mass is 32.2. The lowest BCUT2D eigenvalue weighted by Gasteiger charge is -2.46. The van der Waals surface area contributed by atoms with Gasteiger partial charge in [-0.25, -0.2) is 0 Å². The zero-order valence-electron chi connectivity index (χ0n) is 16.9. The van der Waals surface area contributed by atoms with Crippen molar-refractivity contribution in [3.63, 3.8) is 0 Å². The van der Waals surface area contributed by atoms with Gasteiger partial charge in [0.2, 0.25) is 0 Å². The van der Waals surface area contributed by atoms with Crippen LogP contribution in [0.15, 0.2) is 12.7 Å². The number of likely N-dealkylation sites (N-methyl/N-ethyl adjacent to an activating group) is 1. The molecule has 3 N–H and O–H groups in total. The minimum Gasteiger partial charge on any atom is -0.469 e. The van der Waals surface area contributed by atoms with E-state index in [-0.39, 0.29) is 19.0 Å². The van der Waals surface area contributed by atoms with Crippen LogP contribution in [0.3, 0.4) is 0 Å². The molecule has 0 aliphatic rings. The average molecular weight is 392 g/mol. The number of unbranched alkanes of at least 4 members (excludes halogenated alkanes) is 2. The van der Waals surface area contributed by atoms with E-state index in [1.807, 2.05) is 6.08 Å². The van der Waals surface area contributed by atoms with E-state index in [4.69, 9.17) is 0 Å². The molecular formula is C19H37NO5S. The maximum Gasteiger partial charge on any atom is 0.306 e. The van der Waals surface area contributed by atoms with Gasteiger partial charge in [-0.05, 0) is 26.8 Å². The number of carbonyl (C=O) groups is 2. The summed E-state index contributed by atoms with van der Waals surface area (Å²) in [6, 6.07) is 0. The number of ether oxygens (including phenoxy) is 1. The Morgan fingerprint density at radius 3 is 2.35 bits per heavy atom. The zero-order chi connectivity index (χ0) is 20.6. The van der Waals surface area contributed by atoms with Crippen LogP contribution in [0.25, 0.3) is 0 Å². The maximum atomic E-state index is 11.1. The van der Waals surface area contributed by atoms with Gasteiger partial charge in [0.25, 0.3) is 0 Å². The van der Waals surface area contributed by atoms with Crippen molar-refractivity contribution in [2.45, 2.75) is 63.3 Å². The Morgan fingerprint density at radius 1 is 1.42 bits per heavy atom. The van der Waals surface area contributed by atoms with Gasteiger partial charge in [-0.1, -0.05) is 32.8 Å². The van der Waals surface area contributed by atoms with Gasteiger partial charge in [0.1, 0.15) is 16.8 Å². The Balaban J connectivity index is 0. The molecule has 154 valence electrons. The molecule has 7 heteroatoms. The standard InChI is InChI=1S/C13H25NO5S.C6H12/c1-5-10(8-15)12(2,18)13(9-16,14-3)20-7-6-11(17)19-4;1-3-5-6-4-2/h8,10,14,16,18H,5-7,9H2,1-4H3;3H,1,4-6H2,2H3/t10?,12-,13-;/m0./s1. The van der Waals surface area contributed by atoms with Gasteiger partial charge in [0.15, 0.2) is 0 Å². The molecule has 1 unspecified atom stereocenters. The van der Waals surface area contributed by atoms with E-state index in [0.717, 1.165) is 0 Å². The summed E-state index contributed by atoms with van der Waals surface area (Å²) in [7, 11) is 2.91. The fraction of sp³-hybridized carbons (Fsp3) is 0.789. The predicted molar refractivity (Wildman–Crippen MR) is 108 cm³/mol. The van der Waals surface area contributed by atoms with Crippen LogP contribution in [0.5, 0.6) is 0 Å². The van der Waals surface area contributed by atoms with E-state index < -0.39 is 16.4 Å². The normalized spacial score (nSPS) is 16.3. The molecule has 0 radical (unpaired) electrons. The first-order valence-electron chi connectivity index (χ1n) is 9.05. The third-order valence-electron chi connectivity index (χ3n) is 4.41. The lowest BCUT2D eigenvalue weighted by atomic mass is 9.81. The summed E-state index contributed by atoms with van der Waals surface area (Å²) in [5.41, 5.74) is -1.45. The summed E-state index contributed by atoms with van der Waals surface area (Å²) in [5, 5.41) is 23.3. The highest BCUT2D eigenvalue weighted by Gasteiger charge is 2.50. The molecule has 0 fully saturated rings. The third kappa shape index (κ3) is 8.66. The molecule has 0 aromatic carbocycles. The van der Waals surface area contributed by atoms with Gasteiger partial charge >= 0.3 is 5.97 Å². The summed E-state index contributed by atoms with van der Waals surface area (Å²) < 4.78 is 4.55. The van der Waals surface area contributed by atoms with Gasteiger partial charge < -0.3 is 25.1 Å². The second kappa shape index (κ2) is 15.2. The maximum absolute atomic E-state index is 11.1. The molecular weight excluding hydrogens is 354 g/mol. The first kappa shape index (κ1) is 27.3. The number of aliphatic hydroxyl groups is 2. The fourth-order valence-electron chi connectivity index (χ4n) is 2.44. The number of allylic oxidation sites excluding steroid dienone is 1. The smallest absolute Gasteiger partial charge is 0.306 e. The topological polar surface area (TPSA) is 95.9 Å². The number of aliphatic hydroxyl groups excluding tert-OH is 1. The second-order valence-electron chi connectivity index (χ2n) is 6.14. The number of hydrogen-bond acceptors (Lipinski definition) is 7. The van der Waals surface area contributed by atoms with Crippen LogP contribution in [0.2, 0.25) is 0 Å². The Bertz CT molecular complexity index is 397. The number of methoxy groups -OCH3 is 1. The molecule has 3 atom stereocenters. The molecule has 0 bridgehead atoms. The first-order valence-corrected chi connectivity index (χ1v) is 10.0. The Kier molecular flexibility index (Phi) is 16.0. The van der Waals surface area contributed by atoms with Crippen LogP contribution < -0.4 is 5.32 Å². The van der Waals surface area contributed by atoms with Crippen molar-refractivity contribution >= 4 is 24.0 Å². The summed E-state index contributed by atoms with van der Waals surface area (Å²) in [6.07, 6.45) is 7.04. The second-order valence-corrected chi connectivity index (χ2v) is 7.53. The Hall–Kier alpha value is -0.890. The van der Waals surface area contributed by atoms with Crippen LogP contribution in [0.1, 0.15) is 52.9 Å². The van der Waals surface area contributed by atoms with Gasteiger partial charge in [0.05, 0.1) is 20.1 Å². The molecule has 0 saturated carbocycles. The van der Waals surface area contributed by atoms with Crippen LogP contribution >= 0.6 is 11.8 Å². The van der Waals surface area contributed by atoms with Crippen molar-refractivity contribution in [1.29, 1.82) is 0 Å². The average Bonchev–Trinajstić information content (AvgIpc) is 2.64. The summed E-state index contributed by atoms with van der Waals surface area (Å²) >= 11 is 1.21. The highest BCUT2D eigenvalue weighted by Crippen LogP contribution is 2.39. The minimum atomic E-state index is -1.45. The van der Waals surface area contributed by atoms with E-state index in [9.17, 15) is 19.8 Å². The van der Waals surface area contributed by atoms with E-state index in [1.165, 1.54) is 45.1 Å². The first-order chi connectivity index (χ1) is 12.3. The highest BCUT2D eigenvalue weighted by molar-refractivity contribution is 8.00. The van der Waals surface area contributed by atoms with Crippen LogP contribution in [0, 0.1) is 5.92 Å². The largest absolute Gasteiger partial charge is 0.469 e. The molecule has 0 rings (SSSR count). The van der Waals surface area contributed by atoms with Crippen LogP contribution in [-0.4, -0.2) is 59.5 Å². The molecule has 0 saturated heterocycles. The van der Waals surface area contributed by atoms with Crippen molar-refractivity contribution < 1.29 is 24.5 Å². The summed E-state index contributed by atoms with van der Waals surface area (Å²) in [4.78, 5) is 21.1. The molecule has 0 heterocycles. The number of aldehydes is 1. The van der Waals surface area contributed by atoms with Crippen molar-refractivity contribution in [3.8, 4) is 0 Å². The van der Waals surface area contributed by atoms with E-state index in [0.29, 0.717) is 18.5 Å². The summed E-state index contributed by atoms with van der Waals surface area (Å²) in [5.74, 6) is -0.616. The minimum absolute atomic E-state index is 0.165. The van der Waals surface area contributed by atoms with Gasteiger partial charge in [-0.3, -0.25) is 4.79 Å². The number of esters is 1. The predicted octanol–water partition coefficient (Wildman–Crippen LogP) is 2.53. The molecule has 0 aliphatic carbocycles. The molecule has 0 aromatic heterocycles. The van der Waals surface area contributed by atoms with E-state index in [1.54, 1.807) is 14.0 Å². The Labute approximate surface area is 162 Å². The van der Waals surface area contributed by atoms with Crippen molar-refractivity contribution in [2.24, 2.45) is 5.92 Å². The van der Waals surface area contributed by atoms with Crippen molar-refractivity contribution in [1.82, 2.24) is 5.32 Å². The quantitative estimate of drug-likeness (QED) is 0.146.